The molecule has 5 nitrogen and oxygen atoms in total. The minimum Gasteiger partial charge on any atom is -0.394 e. The van der Waals surface area contributed by atoms with E-state index in [4.69, 9.17) is 0 Å². The lowest BCUT2D eigenvalue weighted by atomic mass is 10.0. The summed E-state index contributed by atoms with van der Waals surface area (Å²) < 4.78 is 0. The molecule has 360 valence electrons. The Kier molecular flexibility index (Phi) is 50.4. The first-order chi connectivity index (χ1) is 29.6. The zero-order valence-corrected chi connectivity index (χ0v) is 41.1. The third-order valence-corrected chi connectivity index (χ3v) is 13.5. The number of hydrogen-bond acceptors (Lipinski definition) is 4. The molecule has 60 heavy (non-hydrogen) atoms. The molecule has 0 radical (unpaired) electrons. The van der Waals surface area contributed by atoms with Gasteiger partial charge in [0.1, 0.15) is 6.10 Å². The fourth-order valence-electron chi connectivity index (χ4n) is 9.14. The van der Waals surface area contributed by atoms with Crippen LogP contribution in [0.25, 0.3) is 0 Å². The highest BCUT2D eigenvalue weighted by atomic mass is 16.3. The van der Waals surface area contributed by atoms with Gasteiger partial charge in [0.15, 0.2) is 0 Å². The number of carbonyl (C=O) groups is 1. The molecule has 0 saturated heterocycles. The molecule has 0 aromatic rings. The van der Waals surface area contributed by atoms with E-state index in [-0.39, 0.29) is 6.61 Å². The first-order valence-electron chi connectivity index (χ1n) is 27.8. The number of nitrogens with one attached hydrogen (secondary N) is 1. The van der Waals surface area contributed by atoms with Gasteiger partial charge in [-0.3, -0.25) is 4.79 Å². The van der Waals surface area contributed by atoms with Gasteiger partial charge in [-0.25, -0.2) is 0 Å². The molecule has 4 N–H and O–H groups in total. The standard InChI is InChI=1S/C55H111NO4/c1-3-5-7-9-11-13-15-17-18-19-20-21-22-23-24-25-26-27-28-29-30-31-32-33-34-35-36-37-38-40-42-44-46-48-50-54(59)55(60)56-52(51-57)53(58)49-47-45-43-41-39-16-14-12-10-8-6-4-2/h52-54,57-59H,3-51H2,1-2H3,(H,56,60). The van der Waals surface area contributed by atoms with Crippen LogP contribution >= 0.6 is 0 Å². The largest absolute Gasteiger partial charge is 0.394 e. The van der Waals surface area contributed by atoms with Crippen molar-refractivity contribution in [2.24, 2.45) is 0 Å². The monoisotopic (exact) mass is 850 g/mol. The molecule has 0 aliphatic heterocycles. The Balaban J connectivity index is 3.40. The molecule has 0 bridgehead atoms. The maximum atomic E-state index is 12.5. The molecule has 0 aliphatic rings. The van der Waals surface area contributed by atoms with E-state index in [1.54, 1.807) is 0 Å². The minimum atomic E-state index is -1.07. The molecule has 0 aliphatic carbocycles. The molecule has 5 heteroatoms. The van der Waals surface area contributed by atoms with E-state index in [9.17, 15) is 20.1 Å². The van der Waals surface area contributed by atoms with E-state index in [2.05, 4.69) is 19.2 Å². The molecule has 1 amide bonds. The first-order valence-corrected chi connectivity index (χ1v) is 27.8. The van der Waals surface area contributed by atoms with Crippen LogP contribution < -0.4 is 5.32 Å². The number of hydrogen-bond donors (Lipinski definition) is 4. The summed E-state index contributed by atoms with van der Waals surface area (Å²) in [6, 6.07) is -0.706. The molecule has 0 spiro atoms. The Hall–Kier alpha value is -0.650. The van der Waals surface area contributed by atoms with Crippen molar-refractivity contribution in [2.45, 2.75) is 340 Å². The number of carbonyl (C=O) groups excluding carboxylic acids is 1. The van der Waals surface area contributed by atoms with Gasteiger partial charge in [-0.1, -0.05) is 309 Å². The maximum absolute atomic E-state index is 12.5. The highest BCUT2D eigenvalue weighted by molar-refractivity contribution is 5.80. The van der Waals surface area contributed by atoms with E-state index in [0.717, 1.165) is 32.1 Å². The molecule has 0 saturated carbocycles. The van der Waals surface area contributed by atoms with Gasteiger partial charge in [-0.2, -0.15) is 0 Å². The zero-order valence-electron chi connectivity index (χ0n) is 41.1. The summed E-state index contributed by atoms with van der Waals surface area (Å²) in [5.74, 6) is -0.464. The number of aliphatic hydroxyl groups is 3. The lowest BCUT2D eigenvalue weighted by Gasteiger charge is -2.23. The van der Waals surface area contributed by atoms with E-state index in [1.165, 1.54) is 263 Å². The summed E-state index contributed by atoms with van der Waals surface area (Å²) in [5, 5.41) is 33.4. The second-order valence-corrected chi connectivity index (χ2v) is 19.5. The van der Waals surface area contributed by atoms with Crippen LogP contribution in [0.5, 0.6) is 0 Å². The van der Waals surface area contributed by atoms with Crippen LogP contribution in [0.4, 0.5) is 0 Å². The van der Waals surface area contributed by atoms with Gasteiger partial charge >= 0.3 is 0 Å². The van der Waals surface area contributed by atoms with Crippen molar-refractivity contribution in [3.8, 4) is 0 Å². The zero-order chi connectivity index (χ0) is 43.7. The second kappa shape index (κ2) is 51.0. The minimum absolute atomic E-state index is 0.308. The first kappa shape index (κ1) is 59.4. The van der Waals surface area contributed by atoms with Crippen molar-refractivity contribution in [2.75, 3.05) is 6.61 Å². The number of unbranched alkanes of at least 4 members (excludes halogenated alkanes) is 44. The van der Waals surface area contributed by atoms with Gasteiger partial charge in [-0.05, 0) is 12.8 Å². The fraction of sp³-hybridized carbons (Fsp3) is 0.982. The van der Waals surface area contributed by atoms with Crippen LogP contribution in [-0.2, 0) is 4.79 Å². The summed E-state index contributed by atoms with van der Waals surface area (Å²) in [6.45, 7) is 4.26. The van der Waals surface area contributed by atoms with E-state index in [0.29, 0.717) is 12.8 Å². The van der Waals surface area contributed by atoms with Crippen LogP contribution in [0.15, 0.2) is 0 Å². The van der Waals surface area contributed by atoms with Gasteiger partial charge in [0, 0.05) is 0 Å². The van der Waals surface area contributed by atoms with Gasteiger partial charge in [0.2, 0.25) is 5.91 Å². The molecule has 0 rings (SSSR count). The number of amides is 1. The predicted octanol–water partition coefficient (Wildman–Crippen LogP) is 16.9. The van der Waals surface area contributed by atoms with Crippen LogP contribution in [0, 0.1) is 0 Å². The maximum Gasteiger partial charge on any atom is 0.249 e. The third kappa shape index (κ3) is 45.4. The Morgan fingerprint density at radius 3 is 0.750 bits per heavy atom. The molecule has 3 atom stereocenters. The lowest BCUT2D eigenvalue weighted by Crippen LogP contribution is -2.49. The normalized spacial score (nSPS) is 13.2. The van der Waals surface area contributed by atoms with Gasteiger partial charge < -0.3 is 20.6 Å². The molecular weight excluding hydrogens is 739 g/mol. The summed E-state index contributed by atoms with van der Waals surface area (Å²) in [6.07, 6.45) is 61.7. The third-order valence-electron chi connectivity index (χ3n) is 13.5. The quantitative estimate of drug-likeness (QED) is 0.0459. The van der Waals surface area contributed by atoms with Gasteiger partial charge in [0.25, 0.3) is 0 Å². The van der Waals surface area contributed by atoms with Crippen LogP contribution in [-0.4, -0.2) is 46.1 Å². The molecular formula is C55H111NO4. The highest BCUT2D eigenvalue weighted by Crippen LogP contribution is 2.18. The Labute approximate surface area is 377 Å². The Bertz CT molecular complexity index is 807. The van der Waals surface area contributed by atoms with Crippen molar-refractivity contribution < 1.29 is 20.1 Å². The average molecular weight is 850 g/mol. The van der Waals surface area contributed by atoms with E-state index < -0.39 is 24.2 Å². The predicted molar refractivity (Wildman–Crippen MR) is 264 cm³/mol. The topological polar surface area (TPSA) is 89.8 Å². The van der Waals surface area contributed by atoms with Crippen molar-refractivity contribution in [1.82, 2.24) is 5.32 Å². The molecule has 0 aromatic heterocycles. The van der Waals surface area contributed by atoms with Crippen molar-refractivity contribution >= 4 is 5.91 Å². The Morgan fingerprint density at radius 1 is 0.333 bits per heavy atom. The molecule has 0 aromatic carbocycles. The highest BCUT2D eigenvalue weighted by Gasteiger charge is 2.23. The van der Waals surface area contributed by atoms with Crippen molar-refractivity contribution in [1.29, 1.82) is 0 Å². The summed E-state index contributed by atoms with van der Waals surface area (Å²) in [5.41, 5.74) is 0. The van der Waals surface area contributed by atoms with E-state index in [1.807, 2.05) is 0 Å². The summed E-state index contributed by atoms with van der Waals surface area (Å²) >= 11 is 0. The van der Waals surface area contributed by atoms with Crippen molar-refractivity contribution in [3.63, 3.8) is 0 Å². The number of aliphatic hydroxyl groups excluding tert-OH is 3. The SMILES string of the molecule is CCCCCCCCCCCCCCCCCCCCCCCCCCCCCCCCCCCCC(O)C(=O)NC(CO)C(O)CCCCCCCCCCCCCC. The fourth-order valence-corrected chi connectivity index (χ4v) is 9.14. The smallest absolute Gasteiger partial charge is 0.249 e. The summed E-state index contributed by atoms with van der Waals surface area (Å²) in [4.78, 5) is 12.5. The molecule has 0 fully saturated rings. The van der Waals surface area contributed by atoms with Crippen LogP contribution in [0.3, 0.4) is 0 Å². The second-order valence-electron chi connectivity index (χ2n) is 19.5. The van der Waals surface area contributed by atoms with Gasteiger partial charge in [-0.15, -0.1) is 0 Å². The molecule has 0 heterocycles. The van der Waals surface area contributed by atoms with Crippen LogP contribution in [0.1, 0.15) is 322 Å². The molecule has 3 unspecified atom stereocenters. The van der Waals surface area contributed by atoms with Gasteiger partial charge in [0.05, 0.1) is 18.8 Å². The Morgan fingerprint density at radius 2 is 0.533 bits per heavy atom. The average Bonchev–Trinajstić information content (AvgIpc) is 3.25. The van der Waals surface area contributed by atoms with Crippen LogP contribution in [0.2, 0.25) is 0 Å². The van der Waals surface area contributed by atoms with Crippen molar-refractivity contribution in [3.05, 3.63) is 0 Å². The van der Waals surface area contributed by atoms with E-state index >= 15 is 0 Å². The number of rotatable bonds is 52. The lowest BCUT2D eigenvalue weighted by molar-refractivity contribution is -0.131. The summed E-state index contributed by atoms with van der Waals surface area (Å²) in [7, 11) is 0.